The molecule has 4 rings (SSSR count). The molecular formula is C26H29ClN2O3. The maximum absolute atomic E-state index is 11.0. The second-order valence-corrected chi connectivity index (χ2v) is 8.59. The third-order valence-corrected chi connectivity index (χ3v) is 5.88. The number of nitro benzene ring substituents is 1. The number of hydrogen-bond acceptors (Lipinski definition) is 4. The van der Waals surface area contributed by atoms with Crippen LogP contribution in [0.5, 0.6) is 5.75 Å². The van der Waals surface area contributed by atoms with Crippen LogP contribution < -0.4 is 4.74 Å². The maximum Gasteiger partial charge on any atom is 0.270 e. The Balaban J connectivity index is 0.00000289. The lowest BCUT2D eigenvalue weighted by Gasteiger charge is -2.27. The van der Waals surface area contributed by atoms with Gasteiger partial charge in [0.25, 0.3) is 5.69 Å². The number of fused-ring (bicyclic) bond motifs is 1. The summed E-state index contributed by atoms with van der Waals surface area (Å²) >= 11 is 0. The lowest BCUT2D eigenvalue weighted by molar-refractivity contribution is -0.384. The quantitative estimate of drug-likeness (QED) is 0.329. The van der Waals surface area contributed by atoms with Gasteiger partial charge in [0, 0.05) is 18.7 Å². The molecule has 0 bridgehead atoms. The Morgan fingerprint density at radius 1 is 1.00 bits per heavy atom. The van der Waals surface area contributed by atoms with Crippen molar-refractivity contribution in [3.05, 3.63) is 93.5 Å². The molecular weight excluding hydrogens is 424 g/mol. The zero-order chi connectivity index (χ0) is 21.8. The zero-order valence-corrected chi connectivity index (χ0v) is 19.3. The number of non-ortho nitro benzene ring substituents is 1. The highest BCUT2D eigenvalue weighted by atomic mass is 35.5. The summed E-state index contributed by atoms with van der Waals surface area (Å²) in [6, 6.07) is 21.2. The van der Waals surface area contributed by atoms with Crippen LogP contribution in [-0.2, 0) is 19.4 Å². The van der Waals surface area contributed by atoms with Crippen molar-refractivity contribution >= 4 is 18.1 Å². The van der Waals surface area contributed by atoms with Gasteiger partial charge in [0.15, 0.2) is 0 Å². The molecule has 1 unspecified atom stereocenters. The minimum absolute atomic E-state index is 0. The molecule has 3 aromatic rings. The van der Waals surface area contributed by atoms with Crippen molar-refractivity contribution in [1.82, 2.24) is 4.90 Å². The lowest BCUT2D eigenvalue weighted by Crippen LogP contribution is -2.26. The van der Waals surface area contributed by atoms with E-state index in [2.05, 4.69) is 37.2 Å². The Morgan fingerprint density at radius 3 is 2.50 bits per heavy atom. The molecule has 0 spiro atoms. The van der Waals surface area contributed by atoms with Crippen molar-refractivity contribution in [2.75, 3.05) is 20.6 Å². The first-order chi connectivity index (χ1) is 15.0. The van der Waals surface area contributed by atoms with E-state index in [0.29, 0.717) is 6.61 Å². The van der Waals surface area contributed by atoms with Gasteiger partial charge < -0.3 is 9.64 Å². The lowest BCUT2D eigenvalue weighted by atomic mass is 9.83. The number of rotatable bonds is 7. The number of ether oxygens (including phenoxy) is 1. The van der Waals surface area contributed by atoms with E-state index in [0.717, 1.165) is 47.7 Å². The topological polar surface area (TPSA) is 55.6 Å². The number of benzene rings is 3. The second-order valence-electron chi connectivity index (χ2n) is 8.59. The van der Waals surface area contributed by atoms with E-state index in [4.69, 9.17) is 4.74 Å². The van der Waals surface area contributed by atoms with Crippen LogP contribution in [0.15, 0.2) is 66.7 Å². The average Bonchev–Trinajstić information content (AvgIpc) is 2.77. The Labute approximate surface area is 195 Å². The van der Waals surface area contributed by atoms with Crippen LogP contribution in [0.2, 0.25) is 0 Å². The number of halogens is 1. The van der Waals surface area contributed by atoms with Crippen LogP contribution in [-0.4, -0.2) is 30.5 Å². The van der Waals surface area contributed by atoms with E-state index < -0.39 is 0 Å². The van der Waals surface area contributed by atoms with Crippen LogP contribution in [0.4, 0.5) is 5.69 Å². The number of nitrogens with zero attached hydrogens (tertiary/aromatic N) is 2. The molecule has 0 saturated heterocycles. The Bertz CT molecular complexity index is 1070. The smallest absolute Gasteiger partial charge is 0.270 e. The largest absolute Gasteiger partial charge is 0.489 e. The SMILES string of the molecule is CN(C)CC1CCc2cc(OCc3ccc(-c4cccc([N+](=O)[O-])c4)cc3)ccc2C1.Cl. The predicted molar refractivity (Wildman–Crippen MR) is 131 cm³/mol. The molecule has 32 heavy (non-hydrogen) atoms. The van der Waals surface area contributed by atoms with Gasteiger partial charge in [0.05, 0.1) is 4.92 Å². The van der Waals surface area contributed by atoms with Crippen LogP contribution in [0, 0.1) is 16.0 Å². The van der Waals surface area contributed by atoms with Crippen LogP contribution in [0.3, 0.4) is 0 Å². The van der Waals surface area contributed by atoms with Gasteiger partial charge >= 0.3 is 0 Å². The predicted octanol–water partition coefficient (Wildman–Crippen LogP) is 5.93. The standard InChI is InChI=1S/C26H28N2O3.ClH/c1-27(2)17-20-8-11-24-16-26(13-12-23(24)14-20)31-18-19-6-9-21(10-7-19)22-4-3-5-25(15-22)28(29)30;/h3-7,9-10,12-13,15-16,20H,8,11,14,17-18H2,1-2H3;1H. The first kappa shape index (κ1) is 23.8. The van der Waals surface area contributed by atoms with E-state index in [1.54, 1.807) is 12.1 Å². The van der Waals surface area contributed by atoms with Crippen molar-refractivity contribution in [3.63, 3.8) is 0 Å². The van der Waals surface area contributed by atoms with E-state index in [1.807, 2.05) is 30.3 Å². The van der Waals surface area contributed by atoms with E-state index in [9.17, 15) is 10.1 Å². The minimum atomic E-state index is -0.368. The molecule has 3 aromatic carbocycles. The number of nitro groups is 1. The summed E-state index contributed by atoms with van der Waals surface area (Å²) < 4.78 is 6.05. The van der Waals surface area contributed by atoms with Gasteiger partial charge in [-0.1, -0.05) is 42.5 Å². The molecule has 0 saturated carbocycles. The van der Waals surface area contributed by atoms with Crippen LogP contribution in [0.1, 0.15) is 23.1 Å². The summed E-state index contributed by atoms with van der Waals surface area (Å²) in [5.74, 6) is 1.64. The third kappa shape index (κ3) is 5.87. The maximum atomic E-state index is 11.0. The van der Waals surface area contributed by atoms with Gasteiger partial charge in [-0.25, -0.2) is 0 Å². The Kier molecular flexibility index (Phi) is 7.89. The second kappa shape index (κ2) is 10.6. The molecule has 0 heterocycles. The highest BCUT2D eigenvalue weighted by Gasteiger charge is 2.19. The van der Waals surface area contributed by atoms with Crippen molar-refractivity contribution in [1.29, 1.82) is 0 Å². The fourth-order valence-corrected chi connectivity index (χ4v) is 4.33. The molecule has 168 valence electrons. The molecule has 6 heteroatoms. The van der Waals surface area contributed by atoms with Gasteiger partial charge in [0.2, 0.25) is 0 Å². The van der Waals surface area contributed by atoms with Crippen LogP contribution >= 0.6 is 12.4 Å². The fourth-order valence-electron chi connectivity index (χ4n) is 4.33. The Hall–Kier alpha value is -2.89. The number of hydrogen-bond donors (Lipinski definition) is 0. The monoisotopic (exact) mass is 452 g/mol. The molecule has 5 nitrogen and oxygen atoms in total. The fraction of sp³-hybridized carbons (Fsp3) is 0.308. The molecule has 0 radical (unpaired) electrons. The first-order valence-electron chi connectivity index (χ1n) is 10.7. The van der Waals surface area contributed by atoms with E-state index in [-0.39, 0.29) is 23.0 Å². The molecule has 1 atom stereocenters. The van der Waals surface area contributed by atoms with Crippen molar-refractivity contribution in [3.8, 4) is 16.9 Å². The Morgan fingerprint density at radius 2 is 1.78 bits per heavy atom. The summed E-state index contributed by atoms with van der Waals surface area (Å²) in [6.45, 7) is 1.64. The number of aryl methyl sites for hydroxylation is 1. The normalized spacial score (nSPS) is 15.0. The summed E-state index contributed by atoms with van der Waals surface area (Å²) in [7, 11) is 4.28. The van der Waals surface area contributed by atoms with Gasteiger partial charge in [-0.3, -0.25) is 10.1 Å². The molecule has 0 aliphatic heterocycles. The van der Waals surface area contributed by atoms with Gasteiger partial charge in [-0.2, -0.15) is 0 Å². The molecule has 1 aliphatic carbocycles. The van der Waals surface area contributed by atoms with Gasteiger partial charge in [-0.05, 0) is 79.2 Å². The highest BCUT2D eigenvalue weighted by molar-refractivity contribution is 5.85. The molecule has 0 aromatic heterocycles. The van der Waals surface area contributed by atoms with Crippen molar-refractivity contribution in [2.24, 2.45) is 5.92 Å². The molecule has 0 N–H and O–H groups in total. The summed E-state index contributed by atoms with van der Waals surface area (Å²) in [5.41, 5.74) is 5.82. The van der Waals surface area contributed by atoms with Crippen molar-refractivity contribution < 1.29 is 9.66 Å². The van der Waals surface area contributed by atoms with E-state index >= 15 is 0 Å². The first-order valence-corrected chi connectivity index (χ1v) is 10.7. The summed E-state index contributed by atoms with van der Waals surface area (Å²) in [5, 5.41) is 11.0. The molecule has 1 aliphatic rings. The molecule has 0 amide bonds. The van der Waals surface area contributed by atoms with Crippen molar-refractivity contribution in [2.45, 2.75) is 25.9 Å². The molecule has 0 fully saturated rings. The van der Waals surface area contributed by atoms with Gasteiger partial charge in [0.1, 0.15) is 12.4 Å². The third-order valence-electron chi connectivity index (χ3n) is 5.88. The zero-order valence-electron chi connectivity index (χ0n) is 18.5. The summed E-state index contributed by atoms with van der Waals surface area (Å²) in [6.07, 6.45) is 3.49. The van der Waals surface area contributed by atoms with Crippen LogP contribution in [0.25, 0.3) is 11.1 Å². The van der Waals surface area contributed by atoms with Gasteiger partial charge in [-0.15, -0.1) is 12.4 Å². The summed E-state index contributed by atoms with van der Waals surface area (Å²) in [4.78, 5) is 12.9. The average molecular weight is 453 g/mol. The minimum Gasteiger partial charge on any atom is -0.489 e. The van der Waals surface area contributed by atoms with E-state index in [1.165, 1.54) is 23.6 Å². The highest BCUT2D eigenvalue weighted by Crippen LogP contribution is 2.29.